The van der Waals surface area contributed by atoms with Crippen molar-refractivity contribution in [2.75, 3.05) is 18.0 Å². The summed E-state index contributed by atoms with van der Waals surface area (Å²) in [5.74, 6) is 1.48. The van der Waals surface area contributed by atoms with Crippen molar-refractivity contribution < 1.29 is 0 Å². The van der Waals surface area contributed by atoms with E-state index in [2.05, 4.69) is 25.1 Å². The van der Waals surface area contributed by atoms with E-state index in [0.29, 0.717) is 0 Å². The molecule has 0 aromatic carbocycles. The maximum absolute atomic E-state index is 5.98. The highest BCUT2D eigenvalue weighted by Gasteiger charge is 2.20. The second kappa shape index (κ2) is 4.97. The fourth-order valence-corrected chi connectivity index (χ4v) is 2.32. The van der Waals surface area contributed by atoms with Gasteiger partial charge in [-0.05, 0) is 31.9 Å². The Morgan fingerprint density at radius 3 is 3.05 bits per heavy atom. The minimum atomic E-state index is 0.219. The number of piperidine rings is 1. The highest BCUT2D eigenvalue weighted by molar-refractivity contribution is 5.55. The van der Waals surface area contributed by atoms with Crippen LogP contribution >= 0.6 is 0 Å². The van der Waals surface area contributed by atoms with Crippen molar-refractivity contribution in [3.8, 4) is 11.4 Å². The van der Waals surface area contributed by atoms with E-state index in [0.717, 1.165) is 49.0 Å². The van der Waals surface area contributed by atoms with Crippen LogP contribution in [0, 0.1) is 6.92 Å². The highest BCUT2D eigenvalue weighted by atomic mass is 15.4. The number of aromatic nitrogens is 4. The van der Waals surface area contributed by atoms with Gasteiger partial charge in [0.05, 0.1) is 0 Å². The molecule has 0 aliphatic carbocycles. The molecule has 0 radical (unpaired) electrons. The molecule has 2 aromatic rings. The topological polar surface area (TPSA) is 83.7 Å². The van der Waals surface area contributed by atoms with Crippen LogP contribution in [0.25, 0.3) is 11.4 Å². The Labute approximate surface area is 112 Å². The van der Waals surface area contributed by atoms with E-state index >= 15 is 0 Å². The average Bonchev–Trinajstić information content (AvgIpc) is 2.89. The van der Waals surface area contributed by atoms with Crippen LogP contribution in [0.4, 0.5) is 5.95 Å². The molecule has 1 unspecified atom stereocenters. The maximum Gasteiger partial charge on any atom is 0.245 e. The lowest BCUT2D eigenvalue weighted by Crippen LogP contribution is -2.43. The van der Waals surface area contributed by atoms with Crippen LogP contribution in [0.3, 0.4) is 0 Å². The Hall–Kier alpha value is -1.95. The van der Waals surface area contributed by atoms with Crippen LogP contribution in [-0.2, 0) is 0 Å². The summed E-state index contributed by atoms with van der Waals surface area (Å²) in [6, 6.07) is 4.18. The van der Waals surface area contributed by atoms with E-state index < -0.39 is 0 Å². The molecule has 0 bridgehead atoms. The van der Waals surface area contributed by atoms with Gasteiger partial charge >= 0.3 is 0 Å². The monoisotopic (exact) mass is 258 g/mol. The van der Waals surface area contributed by atoms with Gasteiger partial charge in [-0.25, -0.2) is 0 Å². The van der Waals surface area contributed by atoms with Crippen molar-refractivity contribution in [2.24, 2.45) is 5.73 Å². The van der Waals surface area contributed by atoms with Gasteiger partial charge in [-0.1, -0.05) is 0 Å². The summed E-state index contributed by atoms with van der Waals surface area (Å²) < 4.78 is 0. The third-order valence-corrected chi connectivity index (χ3v) is 3.40. The second-order valence-electron chi connectivity index (χ2n) is 5.02. The van der Waals surface area contributed by atoms with Crippen LogP contribution in [0.1, 0.15) is 18.5 Å². The second-order valence-corrected chi connectivity index (χ2v) is 5.02. The van der Waals surface area contributed by atoms with Crippen molar-refractivity contribution in [3.05, 3.63) is 24.0 Å². The highest BCUT2D eigenvalue weighted by Crippen LogP contribution is 2.19. The maximum atomic E-state index is 5.98. The minimum absolute atomic E-state index is 0.219. The lowest BCUT2D eigenvalue weighted by molar-refractivity contribution is 0.500. The molecular weight excluding hydrogens is 240 g/mol. The molecule has 1 saturated heterocycles. The molecule has 1 aliphatic rings. The van der Waals surface area contributed by atoms with E-state index in [1.165, 1.54) is 0 Å². The summed E-state index contributed by atoms with van der Waals surface area (Å²) in [5, 5.41) is 7.25. The molecule has 6 heteroatoms. The zero-order valence-electron chi connectivity index (χ0n) is 11.0. The van der Waals surface area contributed by atoms with Crippen molar-refractivity contribution >= 4 is 5.95 Å². The normalized spacial score (nSPS) is 19.7. The first kappa shape index (κ1) is 12.1. The molecule has 0 saturated carbocycles. The molecule has 100 valence electrons. The first-order valence-electron chi connectivity index (χ1n) is 6.58. The molecule has 19 heavy (non-hydrogen) atoms. The fourth-order valence-electron chi connectivity index (χ4n) is 2.32. The summed E-state index contributed by atoms with van der Waals surface area (Å²) in [6.45, 7) is 3.76. The number of aryl methyl sites for hydroxylation is 1. The third kappa shape index (κ3) is 2.58. The molecule has 1 fully saturated rings. The van der Waals surface area contributed by atoms with E-state index in [9.17, 15) is 0 Å². The quantitative estimate of drug-likeness (QED) is 0.842. The lowest BCUT2D eigenvalue weighted by atomic mass is 10.1. The molecule has 3 heterocycles. The number of aromatic amines is 1. The summed E-state index contributed by atoms with van der Waals surface area (Å²) in [4.78, 5) is 10.9. The standard InChI is InChI=1S/C13H18N6/c1-9-4-5-10(7-15-9)12-16-13(18-17-12)19-6-2-3-11(14)8-19/h4-5,7,11H,2-3,6,8,14H2,1H3,(H,16,17,18). The van der Waals surface area contributed by atoms with Gasteiger partial charge in [0.25, 0.3) is 0 Å². The van der Waals surface area contributed by atoms with Crippen LogP contribution < -0.4 is 10.6 Å². The molecule has 0 spiro atoms. The molecule has 3 N–H and O–H groups in total. The molecular formula is C13H18N6. The summed E-state index contributed by atoms with van der Waals surface area (Å²) in [7, 11) is 0. The number of H-pyrrole nitrogens is 1. The van der Waals surface area contributed by atoms with Crippen LogP contribution in [-0.4, -0.2) is 39.3 Å². The average molecular weight is 258 g/mol. The zero-order chi connectivity index (χ0) is 13.2. The molecule has 1 aliphatic heterocycles. The Morgan fingerprint density at radius 2 is 2.32 bits per heavy atom. The number of hydrogen-bond acceptors (Lipinski definition) is 5. The molecule has 3 rings (SSSR count). The number of rotatable bonds is 2. The van der Waals surface area contributed by atoms with Gasteiger partial charge in [0.1, 0.15) is 0 Å². The number of pyridine rings is 1. The fraction of sp³-hybridized carbons (Fsp3) is 0.462. The number of nitrogens with one attached hydrogen (secondary N) is 1. The number of nitrogens with two attached hydrogens (primary N) is 1. The summed E-state index contributed by atoms with van der Waals surface area (Å²) in [6.07, 6.45) is 3.98. The Bertz CT molecular complexity index is 547. The van der Waals surface area contributed by atoms with E-state index in [4.69, 9.17) is 5.73 Å². The van der Waals surface area contributed by atoms with Gasteiger partial charge in [-0.15, -0.1) is 5.10 Å². The van der Waals surface area contributed by atoms with Crippen LogP contribution in [0.2, 0.25) is 0 Å². The Kier molecular flexibility index (Phi) is 3.16. The van der Waals surface area contributed by atoms with Gasteiger partial charge in [0.15, 0.2) is 5.82 Å². The Morgan fingerprint density at radius 1 is 1.42 bits per heavy atom. The third-order valence-electron chi connectivity index (χ3n) is 3.40. The predicted molar refractivity (Wildman–Crippen MR) is 73.8 cm³/mol. The van der Waals surface area contributed by atoms with Crippen LogP contribution in [0.15, 0.2) is 18.3 Å². The molecule has 0 amide bonds. The number of anilines is 1. The Balaban J connectivity index is 1.81. The van der Waals surface area contributed by atoms with Crippen molar-refractivity contribution in [1.29, 1.82) is 0 Å². The smallest absolute Gasteiger partial charge is 0.245 e. The predicted octanol–water partition coefficient (Wildman–Crippen LogP) is 1.10. The van der Waals surface area contributed by atoms with Gasteiger partial charge < -0.3 is 10.6 Å². The van der Waals surface area contributed by atoms with Gasteiger partial charge in [0.2, 0.25) is 5.95 Å². The molecule has 2 aromatic heterocycles. The van der Waals surface area contributed by atoms with Crippen molar-refractivity contribution in [2.45, 2.75) is 25.8 Å². The van der Waals surface area contributed by atoms with Crippen molar-refractivity contribution in [1.82, 2.24) is 20.2 Å². The zero-order valence-corrected chi connectivity index (χ0v) is 11.0. The number of nitrogens with zero attached hydrogens (tertiary/aromatic N) is 4. The van der Waals surface area contributed by atoms with Crippen molar-refractivity contribution in [3.63, 3.8) is 0 Å². The van der Waals surface area contributed by atoms with E-state index in [1.54, 1.807) is 0 Å². The first-order chi connectivity index (χ1) is 9.22. The largest absolute Gasteiger partial charge is 0.338 e. The summed E-state index contributed by atoms with van der Waals surface area (Å²) in [5.41, 5.74) is 7.92. The molecule has 6 nitrogen and oxygen atoms in total. The first-order valence-corrected chi connectivity index (χ1v) is 6.58. The molecule has 1 atom stereocenters. The van der Waals surface area contributed by atoms with E-state index in [-0.39, 0.29) is 6.04 Å². The van der Waals surface area contributed by atoms with Gasteiger partial charge in [0, 0.05) is 36.6 Å². The van der Waals surface area contributed by atoms with E-state index in [1.807, 2.05) is 25.3 Å². The van der Waals surface area contributed by atoms with Gasteiger partial charge in [-0.2, -0.15) is 4.98 Å². The summed E-state index contributed by atoms with van der Waals surface area (Å²) >= 11 is 0. The SMILES string of the molecule is Cc1ccc(-c2nc(N3CCCC(N)C3)n[nH]2)cn1. The minimum Gasteiger partial charge on any atom is -0.338 e. The van der Waals surface area contributed by atoms with Gasteiger partial charge in [-0.3, -0.25) is 10.1 Å². The number of hydrogen-bond donors (Lipinski definition) is 2. The lowest BCUT2D eigenvalue weighted by Gasteiger charge is -2.29. The van der Waals surface area contributed by atoms with Crippen LogP contribution in [0.5, 0.6) is 0 Å².